The number of benzene rings is 10. The summed E-state index contributed by atoms with van der Waals surface area (Å²) in [6, 6.07) is 81.3. The number of nitrogens with zero attached hydrogens (tertiary/aromatic N) is 2. The summed E-state index contributed by atoms with van der Waals surface area (Å²) in [7, 11) is 0. The maximum absolute atomic E-state index is 2.47. The molecule has 0 saturated heterocycles. The molecule has 0 bridgehead atoms. The number of anilines is 3. The van der Waals surface area contributed by atoms with E-state index in [2.05, 4.69) is 242 Å². The Hall–Kier alpha value is -7.76. The summed E-state index contributed by atoms with van der Waals surface area (Å²) in [5.41, 5.74) is 17.3. The number of thiophene rings is 2. The van der Waals surface area contributed by atoms with Crippen molar-refractivity contribution in [1.82, 2.24) is 4.57 Å². The van der Waals surface area contributed by atoms with Gasteiger partial charge in [0.25, 0.3) is 0 Å². The molecule has 14 rings (SSSR count). The SMILES string of the molecule is CC1(C)c2ccccc2-c2cc3c4cc(-c5ccc(N(c6cccc(-c7cccc8c7sc7ccccc78)c6)c6cccc7sc8ccccc8c67)cc5)ccc4n(-c4ccccc4)c3cc21. The van der Waals surface area contributed by atoms with Crippen LogP contribution >= 0.6 is 22.7 Å². The van der Waals surface area contributed by atoms with Gasteiger partial charge in [-0.05, 0) is 129 Å². The molecule has 13 aromatic rings. The predicted molar refractivity (Wildman–Crippen MR) is 290 cm³/mol. The van der Waals surface area contributed by atoms with Crippen LogP contribution in [0.15, 0.2) is 218 Å². The Labute approximate surface area is 396 Å². The minimum atomic E-state index is -0.0878. The Morgan fingerprint density at radius 1 is 0.388 bits per heavy atom. The molecule has 67 heavy (non-hydrogen) atoms. The molecule has 10 aromatic carbocycles. The van der Waals surface area contributed by atoms with Crippen molar-refractivity contribution < 1.29 is 0 Å². The minimum Gasteiger partial charge on any atom is -0.310 e. The van der Waals surface area contributed by atoms with Crippen LogP contribution in [0, 0.1) is 0 Å². The summed E-state index contributed by atoms with van der Waals surface area (Å²) < 4.78 is 7.68. The number of hydrogen-bond donors (Lipinski definition) is 0. The molecule has 1 aliphatic rings. The van der Waals surface area contributed by atoms with Gasteiger partial charge < -0.3 is 9.47 Å². The fourth-order valence-electron chi connectivity index (χ4n) is 11.2. The smallest absolute Gasteiger partial charge is 0.0554 e. The molecule has 0 atom stereocenters. The van der Waals surface area contributed by atoms with Gasteiger partial charge >= 0.3 is 0 Å². The lowest BCUT2D eigenvalue weighted by molar-refractivity contribution is 0.661. The Morgan fingerprint density at radius 2 is 1.06 bits per heavy atom. The quantitative estimate of drug-likeness (QED) is 0.161. The lowest BCUT2D eigenvalue weighted by Gasteiger charge is -2.27. The predicted octanol–water partition coefficient (Wildman–Crippen LogP) is 18.6. The van der Waals surface area contributed by atoms with E-state index in [0.29, 0.717) is 0 Å². The average Bonchev–Trinajstić information content (AvgIpc) is 4.11. The molecule has 0 amide bonds. The van der Waals surface area contributed by atoms with E-state index in [4.69, 9.17) is 0 Å². The first-order valence-corrected chi connectivity index (χ1v) is 24.7. The van der Waals surface area contributed by atoms with E-state index in [0.717, 1.165) is 11.4 Å². The lowest BCUT2D eigenvalue weighted by atomic mass is 9.82. The van der Waals surface area contributed by atoms with Gasteiger partial charge in [0.05, 0.1) is 16.7 Å². The van der Waals surface area contributed by atoms with Crippen molar-refractivity contribution in [2.75, 3.05) is 4.90 Å². The van der Waals surface area contributed by atoms with E-state index in [1.165, 1.54) is 118 Å². The van der Waals surface area contributed by atoms with Gasteiger partial charge in [0, 0.05) is 73.6 Å². The van der Waals surface area contributed by atoms with Gasteiger partial charge in [-0.2, -0.15) is 0 Å². The van der Waals surface area contributed by atoms with Gasteiger partial charge in [-0.3, -0.25) is 0 Å². The Morgan fingerprint density at radius 3 is 1.93 bits per heavy atom. The first kappa shape index (κ1) is 38.5. The molecule has 316 valence electrons. The Kier molecular flexibility index (Phi) is 8.40. The molecule has 2 nitrogen and oxygen atoms in total. The summed E-state index contributed by atoms with van der Waals surface area (Å²) in [6.07, 6.45) is 0. The van der Waals surface area contributed by atoms with Gasteiger partial charge in [-0.1, -0.05) is 147 Å². The number of fused-ring (bicyclic) bond motifs is 12. The van der Waals surface area contributed by atoms with E-state index in [9.17, 15) is 0 Å². The molecule has 3 heterocycles. The molecule has 3 aromatic heterocycles. The Bertz CT molecular complexity index is 4130. The van der Waals surface area contributed by atoms with Crippen molar-refractivity contribution in [3.63, 3.8) is 0 Å². The molecule has 0 N–H and O–H groups in total. The van der Waals surface area contributed by atoms with E-state index in [1.807, 2.05) is 22.7 Å². The fraction of sp³-hybridized carbons (Fsp3) is 0.0476. The third-order valence-corrected chi connectivity index (χ3v) is 16.7. The first-order chi connectivity index (χ1) is 33.0. The zero-order chi connectivity index (χ0) is 44.4. The van der Waals surface area contributed by atoms with Gasteiger partial charge in [0.15, 0.2) is 0 Å². The van der Waals surface area contributed by atoms with Gasteiger partial charge in [0.2, 0.25) is 0 Å². The molecule has 0 aliphatic heterocycles. The molecule has 0 spiro atoms. The van der Waals surface area contributed by atoms with Crippen LogP contribution in [0.3, 0.4) is 0 Å². The van der Waals surface area contributed by atoms with Crippen LogP contribution in [0.1, 0.15) is 25.0 Å². The van der Waals surface area contributed by atoms with Crippen LogP contribution < -0.4 is 4.90 Å². The second kappa shape index (κ2) is 14.6. The third-order valence-electron chi connectivity index (χ3n) is 14.4. The monoisotopic (exact) mass is 890 g/mol. The van der Waals surface area contributed by atoms with Crippen molar-refractivity contribution in [3.05, 3.63) is 230 Å². The molecule has 0 fully saturated rings. The highest BCUT2D eigenvalue weighted by Gasteiger charge is 2.36. The molecular weight excluding hydrogens is 849 g/mol. The second-order valence-electron chi connectivity index (χ2n) is 18.5. The second-order valence-corrected chi connectivity index (χ2v) is 20.6. The van der Waals surface area contributed by atoms with Crippen molar-refractivity contribution >= 4 is 102 Å². The van der Waals surface area contributed by atoms with Gasteiger partial charge in [-0.15, -0.1) is 22.7 Å². The number of aromatic nitrogens is 1. The largest absolute Gasteiger partial charge is 0.310 e. The van der Waals surface area contributed by atoms with E-state index in [1.54, 1.807) is 0 Å². The highest BCUT2D eigenvalue weighted by atomic mass is 32.1. The van der Waals surface area contributed by atoms with Crippen molar-refractivity contribution in [3.8, 4) is 39.1 Å². The van der Waals surface area contributed by atoms with Gasteiger partial charge in [0.1, 0.15) is 0 Å². The van der Waals surface area contributed by atoms with Crippen LogP contribution in [-0.4, -0.2) is 4.57 Å². The van der Waals surface area contributed by atoms with Crippen LogP contribution in [-0.2, 0) is 5.41 Å². The molecule has 1 aliphatic carbocycles. The molecule has 4 heteroatoms. The number of hydrogen-bond acceptors (Lipinski definition) is 3. The minimum absolute atomic E-state index is 0.0878. The zero-order valence-corrected chi connectivity index (χ0v) is 38.6. The first-order valence-electron chi connectivity index (χ1n) is 23.1. The summed E-state index contributed by atoms with van der Waals surface area (Å²) >= 11 is 3.75. The third kappa shape index (κ3) is 5.80. The maximum atomic E-state index is 2.47. The topological polar surface area (TPSA) is 8.17 Å². The standard InChI is InChI=1S/C63H42N2S2/c1-63(2)53-24-9-6-19-46(53)50-37-52-51-36-40(31-34-55(51)65(57(52)38-54(50)63)42-16-4-3-5-17-42)39-29-32-43(33-30-39)64(56-25-14-28-60-61(56)49-21-8-11-27-59(49)66-60)44-18-12-15-41(35-44)45-22-13-23-48-47-20-7-10-26-58(47)67-62(45)48/h3-38H,1-2H3. The van der Waals surface area contributed by atoms with Crippen molar-refractivity contribution in [2.45, 2.75) is 19.3 Å². The number of para-hydroxylation sites is 1. The normalized spacial score (nSPS) is 13.0. The lowest BCUT2D eigenvalue weighted by Crippen LogP contribution is -2.14. The van der Waals surface area contributed by atoms with Crippen LogP contribution in [0.25, 0.3) is 101 Å². The summed E-state index contributed by atoms with van der Waals surface area (Å²) in [5.74, 6) is 0. The molecule has 0 radical (unpaired) electrons. The van der Waals surface area contributed by atoms with Crippen molar-refractivity contribution in [2.24, 2.45) is 0 Å². The maximum Gasteiger partial charge on any atom is 0.0554 e. The van der Waals surface area contributed by atoms with Gasteiger partial charge in [-0.25, -0.2) is 0 Å². The zero-order valence-electron chi connectivity index (χ0n) is 37.0. The average molecular weight is 891 g/mol. The van der Waals surface area contributed by atoms with Crippen LogP contribution in [0.2, 0.25) is 0 Å². The van der Waals surface area contributed by atoms with E-state index in [-0.39, 0.29) is 5.41 Å². The highest BCUT2D eigenvalue weighted by Crippen LogP contribution is 2.52. The Balaban J connectivity index is 0.931. The van der Waals surface area contributed by atoms with E-state index < -0.39 is 0 Å². The summed E-state index contributed by atoms with van der Waals surface area (Å²) in [6.45, 7) is 4.74. The van der Waals surface area contributed by atoms with Crippen LogP contribution in [0.5, 0.6) is 0 Å². The summed E-state index contributed by atoms with van der Waals surface area (Å²) in [4.78, 5) is 2.47. The van der Waals surface area contributed by atoms with E-state index >= 15 is 0 Å². The molecule has 0 saturated carbocycles. The highest BCUT2D eigenvalue weighted by molar-refractivity contribution is 7.26. The van der Waals surface area contributed by atoms with Crippen LogP contribution in [0.4, 0.5) is 17.1 Å². The number of rotatable bonds is 6. The molecule has 0 unspecified atom stereocenters. The molecular formula is C63H42N2S2. The fourth-order valence-corrected chi connectivity index (χ4v) is 13.6. The summed E-state index contributed by atoms with van der Waals surface area (Å²) in [5, 5.41) is 7.73. The van der Waals surface area contributed by atoms with Crippen molar-refractivity contribution in [1.29, 1.82) is 0 Å².